The molecule has 0 radical (unpaired) electrons. The zero-order valence-electron chi connectivity index (χ0n) is 10.8. The Morgan fingerprint density at radius 2 is 2.00 bits per heavy atom. The molecule has 0 spiro atoms. The number of hydrogen-bond donors (Lipinski definition) is 1. The Morgan fingerprint density at radius 3 is 2.50 bits per heavy atom. The minimum atomic E-state index is -0.951. The van der Waals surface area contributed by atoms with Gasteiger partial charge >= 0.3 is 0 Å². The van der Waals surface area contributed by atoms with Gasteiger partial charge in [0.25, 0.3) is 0 Å². The van der Waals surface area contributed by atoms with Gasteiger partial charge in [0, 0.05) is 23.8 Å². The highest BCUT2D eigenvalue weighted by atomic mass is 35.5. The van der Waals surface area contributed by atoms with Gasteiger partial charge in [0.2, 0.25) is 5.91 Å². The summed E-state index contributed by atoms with van der Waals surface area (Å²) in [5, 5.41) is 2.84. The number of rotatable bonds is 3. The zero-order chi connectivity index (χ0) is 14.4. The first-order valence-electron chi connectivity index (χ1n) is 6.20. The summed E-state index contributed by atoms with van der Waals surface area (Å²) >= 11 is 12.0. The Kier molecular flexibility index (Phi) is 3.03. The van der Waals surface area contributed by atoms with Crippen molar-refractivity contribution in [1.82, 2.24) is 9.55 Å². The van der Waals surface area contributed by atoms with E-state index in [2.05, 4.69) is 10.3 Å². The Balaban J connectivity index is 1.72. The lowest BCUT2D eigenvalue weighted by Gasteiger charge is -2.13. The van der Waals surface area contributed by atoms with E-state index in [0.717, 1.165) is 11.4 Å². The van der Waals surface area contributed by atoms with Crippen LogP contribution in [0, 0.1) is 5.41 Å². The van der Waals surface area contributed by atoms with Crippen LogP contribution in [0.15, 0.2) is 43.0 Å². The summed E-state index contributed by atoms with van der Waals surface area (Å²) < 4.78 is 0.935. The molecule has 2 aromatic rings. The maximum atomic E-state index is 12.1. The second kappa shape index (κ2) is 4.50. The third kappa shape index (κ3) is 2.19. The molecule has 4 nitrogen and oxygen atoms in total. The number of carbonyl (C=O) groups excluding carboxylic acids is 1. The van der Waals surface area contributed by atoms with Gasteiger partial charge in [0.05, 0.1) is 11.7 Å². The number of aromatic nitrogens is 2. The molecule has 1 N–H and O–H groups in total. The normalized spacial score (nSPS) is 23.4. The van der Waals surface area contributed by atoms with Gasteiger partial charge < -0.3 is 9.88 Å². The van der Waals surface area contributed by atoms with Crippen LogP contribution in [0.3, 0.4) is 0 Å². The van der Waals surface area contributed by atoms with Crippen LogP contribution in [-0.4, -0.2) is 19.8 Å². The Bertz CT molecular complexity index is 637. The van der Waals surface area contributed by atoms with E-state index in [1.165, 1.54) is 0 Å². The third-order valence-electron chi connectivity index (χ3n) is 3.69. The van der Waals surface area contributed by atoms with Crippen molar-refractivity contribution in [3.05, 3.63) is 43.0 Å². The van der Waals surface area contributed by atoms with Gasteiger partial charge in [-0.05, 0) is 37.6 Å². The molecule has 1 atom stereocenters. The number of alkyl halides is 2. The molecule has 1 aromatic heterocycles. The average Bonchev–Trinajstić information content (AvgIpc) is 2.83. The second-order valence-corrected chi connectivity index (χ2v) is 6.67. The fraction of sp³-hybridized carbons (Fsp3) is 0.286. The van der Waals surface area contributed by atoms with E-state index in [1.807, 2.05) is 35.0 Å². The van der Waals surface area contributed by atoms with E-state index in [4.69, 9.17) is 23.2 Å². The molecule has 104 valence electrons. The van der Waals surface area contributed by atoms with Crippen LogP contribution in [0.5, 0.6) is 0 Å². The molecular weight excluding hydrogens is 297 g/mol. The molecule has 1 aromatic carbocycles. The second-order valence-electron chi connectivity index (χ2n) is 5.18. The number of halogens is 2. The average molecular weight is 310 g/mol. The maximum Gasteiger partial charge on any atom is 0.233 e. The topological polar surface area (TPSA) is 46.9 Å². The Morgan fingerprint density at radius 1 is 1.35 bits per heavy atom. The van der Waals surface area contributed by atoms with Gasteiger partial charge in [-0.3, -0.25) is 4.79 Å². The van der Waals surface area contributed by atoms with Gasteiger partial charge in [-0.1, -0.05) is 0 Å². The zero-order valence-corrected chi connectivity index (χ0v) is 12.3. The number of benzene rings is 1. The van der Waals surface area contributed by atoms with Crippen molar-refractivity contribution >= 4 is 34.8 Å². The number of hydrogen-bond acceptors (Lipinski definition) is 2. The van der Waals surface area contributed by atoms with Gasteiger partial charge in [-0.15, -0.1) is 23.2 Å². The van der Waals surface area contributed by atoms with Gasteiger partial charge in [-0.25, -0.2) is 4.98 Å². The number of imidazole rings is 1. The van der Waals surface area contributed by atoms with Crippen molar-refractivity contribution in [2.24, 2.45) is 5.41 Å². The predicted molar refractivity (Wildman–Crippen MR) is 79.4 cm³/mol. The van der Waals surface area contributed by atoms with Gasteiger partial charge in [-0.2, -0.15) is 0 Å². The van der Waals surface area contributed by atoms with Crippen LogP contribution >= 0.6 is 23.2 Å². The molecule has 0 aliphatic heterocycles. The third-order valence-corrected chi connectivity index (χ3v) is 4.79. The quantitative estimate of drug-likeness (QED) is 0.883. The highest BCUT2D eigenvalue weighted by Crippen LogP contribution is 2.64. The standard InChI is InChI=1S/C14H13Cl2N3O/c1-13(8-14(13,15)16)12(20)18-10-2-4-11(5-3-10)19-7-6-17-9-19/h2-7,9H,8H2,1H3,(H,18,20). The lowest BCUT2D eigenvalue weighted by molar-refractivity contribution is -0.120. The lowest BCUT2D eigenvalue weighted by atomic mass is 10.1. The van der Waals surface area contributed by atoms with E-state index >= 15 is 0 Å². The van der Waals surface area contributed by atoms with E-state index in [1.54, 1.807) is 19.4 Å². The number of carbonyl (C=O) groups is 1. The molecule has 3 rings (SSSR count). The number of amides is 1. The molecular formula is C14H13Cl2N3O. The molecule has 6 heteroatoms. The first kappa shape index (κ1) is 13.5. The first-order valence-corrected chi connectivity index (χ1v) is 6.96. The van der Waals surface area contributed by atoms with Crippen molar-refractivity contribution in [2.45, 2.75) is 17.7 Å². The number of nitrogens with zero attached hydrogens (tertiary/aromatic N) is 2. The number of anilines is 1. The largest absolute Gasteiger partial charge is 0.326 e. The smallest absolute Gasteiger partial charge is 0.233 e. The monoisotopic (exact) mass is 309 g/mol. The lowest BCUT2D eigenvalue weighted by Crippen LogP contribution is -2.25. The molecule has 1 heterocycles. The molecule has 20 heavy (non-hydrogen) atoms. The van der Waals surface area contributed by atoms with Crippen molar-refractivity contribution in [3.63, 3.8) is 0 Å². The maximum absolute atomic E-state index is 12.1. The van der Waals surface area contributed by atoms with E-state index in [0.29, 0.717) is 6.42 Å². The van der Waals surface area contributed by atoms with Crippen molar-refractivity contribution in [2.75, 3.05) is 5.32 Å². The molecule has 1 fully saturated rings. The molecule has 1 unspecified atom stereocenters. The Hall–Kier alpha value is -1.52. The summed E-state index contributed by atoms with van der Waals surface area (Å²) in [5.41, 5.74) is 0.984. The van der Waals surface area contributed by atoms with Crippen molar-refractivity contribution in [1.29, 1.82) is 0 Å². The first-order chi connectivity index (χ1) is 9.42. The minimum Gasteiger partial charge on any atom is -0.326 e. The molecule has 1 aliphatic carbocycles. The van der Waals surface area contributed by atoms with Crippen molar-refractivity contribution < 1.29 is 4.79 Å². The highest BCUT2D eigenvalue weighted by molar-refractivity contribution is 6.53. The van der Waals surface area contributed by atoms with E-state index in [9.17, 15) is 4.79 Å². The van der Waals surface area contributed by atoms with Gasteiger partial charge in [0.15, 0.2) is 0 Å². The summed E-state index contributed by atoms with van der Waals surface area (Å²) in [6, 6.07) is 7.48. The molecule has 0 bridgehead atoms. The van der Waals surface area contributed by atoms with E-state index < -0.39 is 9.75 Å². The van der Waals surface area contributed by atoms with Crippen molar-refractivity contribution in [3.8, 4) is 5.69 Å². The summed E-state index contributed by atoms with van der Waals surface area (Å²) in [5.74, 6) is -0.155. The van der Waals surface area contributed by atoms with Crippen LogP contribution in [0.25, 0.3) is 5.69 Å². The van der Waals surface area contributed by atoms with Crippen LogP contribution in [-0.2, 0) is 4.79 Å². The molecule has 1 saturated carbocycles. The summed E-state index contributed by atoms with van der Waals surface area (Å²) in [4.78, 5) is 16.1. The summed E-state index contributed by atoms with van der Waals surface area (Å²) in [7, 11) is 0. The molecule has 0 saturated heterocycles. The summed E-state index contributed by atoms with van der Waals surface area (Å²) in [6.45, 7) is 1.77. The SMILES string of the molecule is CC1(C(=O)Nc2ccc(-n3ccnc3)cc2)CC1(Cl)Cl. The van der Waals surface area contributed by atoms with Crippen LogP contribution < -0.4 is 5.32 Å². The highest BCUT2D eigenvalue weighted by Gasteiger charge is 2.67. The van der Waals surface area contributed by atoms with Crippen LogP contribution in [0.1, 0.15) is 13.3 Å². The van der Waals surface area contributed by atoms with Crippen LogP contribution in [0.2, 0.25) is 0 Å². The van der Waals surface area contributed by atoms with Crippen LogP contribution in [0.4, 0.5) is 5.69 Å². The summed E-state index contributed by atoms with van der Waals surface area (Å²) in [6.07, 6.45) is 5.76. The number of nitrogens with one attached hydrogen (secondary N) is 1. The van der Waals surface area contributed by atoms with E-state index in [-0.39, 0.29) is 5.91 Å². The molecule has 1 aliphatic rings. The minimum absolute atomic E-state index is 0.155. The van der Waals surface area contributed by atoms with Gasteiger partial charge in [0.1, 0.15) is 4.33 Å². The fourth-order valence-electron chi connectivity index (χ4n) is 2.04. The Labute approximate surface area is 126 Å². The molecule has 1 amide bonds. The fourth-order valence-corrected chi connectivity index (χ4v) is 2.75. The predicted octanol–water partition coefficient (Wildman–Crippen LogP) is 3.39.